The van der Waals surface area contributed by atoms with Crippen molar-refractivity contribution in [3.8, 4) is 11.5 Å². The molecule has 0 amide bonds. The molecule has 2 aromatic carbocycles. The zero-order valence-electron chi connectivity index (χ0n) is 11.4. The van der Waals surface area contributed by atoms with E-state index < -0.39 is 0 Å². The van der Waals surface area contributed by atoms with Crippen LogP contribution >= 0.6 is 15.9 Å². The minimum absolute atomic E-state index is 0.0118. The lowest BCUT2D eigenvalue weighted by Crippen LogP contribution is -2.01. The highest BCUT2D eigenvalue weighted by Crippen LogP contribution is 2.25. The summed E-state index contributed by atoms with van der Waals surface area (Å²) in [6, 6.07) is 13.0. The first-order chi connectivity index (χ1) is 9.60. The van der Waals surface area contributed by atoms with Gasteiger partial charge in [-0.3, -0.25) is 4.79 Å². The van der Waals surface area contributed by atoms with Crippen molar-refractivity contribution >= 4 is 21.7 Å². The van der Waals surface area contributed by atoms with E-state index in [1.54, 1.807) is 19.2 Å². The summed E-state index contributed by atoms with van der Waals surface area (Å²) in [5.41, 5.74) is 1.60. The van der Waals surface area contributed by atoms with E-state index >= 15 is 0 Å². The van der Waals surface area contributed by atoms with Crippen LogP contribution in [0.4, 0.5) is 0 Å². The largest absolute Gasteiger partial charge is 0.497 e. The molecule has 0 unspecified atom stereocenters. The Labute approximate surface area is 126 Å². The number of Topliss-reactive ketones (excluding diaryl/α,β-unsaturated/α-hetero) is 1. The van der Waals surface area contributed by atoms with E-state index in [2.05, 4.69) is 15.9 Å². The van der Waals surface area contributed by atoms with Crippen molar-refractivity contribution in [3.05, 3.63) is 58.1 Å². The lowest BCUT2D eigenvalue weighted by Gasteiger charge is -2.10. The smallest absolute Gasteiger partial charge is 0.163 e. The molecular weight excluding hydrogens is 320 g/mol. The molecule has 20 heavy (non-hydrogen) atoms. The van der Waals surface area contributed by atoms with Gasteiger partial charge in [-0.25, -0.2) is 0 Å². The maximum atomic E-state index is 11.6. The second kappa shape index (κ2) is 6.57. The number of carbonyl (C=O) groups is 1. The number of rotatable bonds is 5. The average Bonchev–Trinajstić information content (AvgIpc) is 2.45. The van der Waals surface area contributed by atoms with Gasteiger partial charge >= 0.3 is 0 Å². The normalized spacial score (nSPS) is 10.2. The van der Waals surface area contributed by atoms with Crippen LogP contribution in [0.1, 0.15) is 22.8 Å². The molecule has 0 radical (unpaired) electrons. The van der Waals surface area contributed by atoms with Crippen molar-refractivity contribution in [2.45, 2.75) is 13.5 Å². The molecule has 0 atom stereocenters. The van der Waals surface area contributed by atoms with E-state index in [4.69, 9.17) is 9.47 Å². The molecule has 0 saturated carbocycles. The summed E-state index contributed by atoms with van der Waals surface area (Å²) in [7, 11) is 1.63. The summed E-state index contributed by atoms with van der Waals surface area (Å²) in [4.78, 5) is 11.6. The second-order valence-electron chi connectivity index (χ2n) is 4.33. The Balaban J connectivity index is 2.13. The van der Waals surface area contributed by atoms with Crippen LogP contribution in [-0.4, -0.2) is 12.9 Å². The van der Waals surface area contributed by atoms with Gasteiger partial charge in [0.25, 0.3) is 0 Å². The maximum absolute atomic E-state index is 11.6. The summed E-state index contributed by atoms with van der Waals surface area (Å²) < 4.78 is 11.7. The zero-order chi connectivity index (χ0) is 14.5. The van der Waals surface area contributed by atoms with Gasteiger partial charge in [0.15, 0.2) is 5.78 Å². The third kappa shape index (κ3) is 3.61. The molecule has 0 N–H and O–H groups in total. The van der Waals surface area contributed by atoms with Gasteiger partial charge in [-0.05, 0) is 42.8 Å². The number of hydrogen-bond acceptors (Lipinski definition) is 3. The van der Waals surface area contributed by atoms with Crippen molar-refractivity contribution < 1.29 is 14.3 Å². The topological polar surface area (TPSA) is 35.5 Å². The number of benzene rings is 2. The first-order valence-corrected chi connectivity index (χ1v) is 6.95. The van der Waals surface area contributed by atoms with Crippen LogP contribution in [0.5, 0.6) is 11.5 Å². The van der Waals surface area contributed by atoms with Crippen LogP contribution in [0.15, 0.2) is 46.9 Å². The van der Waals surface area contributed by atoms with Crippen LogP contribution in [-0.2, 0) is 6.61 Å². The van der Waals surface area contributed by atoms with Crippen molar-refractivity contribution in [3.63, 3.8) is 0 Å². The van der Waals surface area contributed by atoms with Gasteiger partial charge < -0.3 is 9.47 Å². The van der Waals surface area contributed by atoms with Crippen molar-refractivity contribution in [2.24, 2.45) is 0 Å². The predicted molar refractivity (Wildman–Crippen MR) is 81.5 cm³/mol. The zero-order valence-corrected chi connectivity index (χ0v) is 12.9. The van der Waals surface area contributed by atoms with Crippen LogP contribution in [0.3, 0.4) is 0 Å². The van der Waals surface area contributed by atoms with Crippen molar-refractivity contribution in [1.82, 2.24) is 0 Å². The maximum Gasteiger partial charge on any atom is 0.163 e. The fraction of sp³-hybridized carbons (Fsp3) is 0.188. The van der Waals surface area contributed by atoms with E-state index in [1.165, 1.54) is 6.92 Å². The minimum atomic E-state index is -0.0118. The van der Waals surface area contributed by atoms with Gasteiger partial charge in [-0.1, -0.05) is 28.1 Å². The molecule has 4 heteroatoms. The molecule has 2 aromatic rings. The number of methoxy groups -OCH3 is 1. The highest BCUT2D eigenvalue weighted by Gasteiger charge is 2.09. The standard InChI is InChI=1S/C16H15BrO3/c1-11(18)15-8-5-13(17)9-16(15)20-10-12-3-6-14(19-2)7-4-12/h3-9H,10H2,1-2H3. The van der Waals surface area contributed by atoms with Gasteiger partial charge in [0.2, 0.25) is 0 Å². The number of hydrogen-bond donors (Lipinski definition) is 0. The molecule has 104 valence electrons. The highest BCUT2D eigenvalue weighted by molar-refractivity contribution is 9.10. The van der Waals surface area contributed by atoms with Crippen LogP contribution < -0.4 is 9.47 Å². The van der Waals surface area contributed by atoms with Crippen LogP contribution in [0.2, 0.25) is 0 Å². The summed E-state index contributed by atoms with van der Waals surface area (Å²) >= 11 is 3.38. The van der Waals surface area contributed by atoms with Gasteiger partial charge in [-0.15, -0.1) is 0 Å². The summed E-state index contributed by atoms with van der Waals surface area (Å²) in [6.45, 7) is 1.93. The molecular formula is C16H15BrO3. The highest BCUT2D eigenvalue weighted by atomic mass is 79.9. The Morgan fingerprint density at radius 1 is 1.15 bits per heavy atom. The van der Waals surface area contributed by atoms with Crippen molar-refractivity contribution in [2.75, 3.05) is 7.11 Å². The number of halogens is 1. The lowest BCUT2D eigenvalue weighted by atomic mass is 10.1. The first-order valence-electron chi connectivity index (χ1n) is 6.16. The quantitative estimate of drug-likeness (QED) is 0.767. The van der Waals surface area contributed by atoms with Gasteiger partial charge in [0, 0.05) is 4.47 Å². The summed E-state index contributed by atoms with van der Waals surface area (Å²) in [5, 5.41) is 0. The predicted octanol–water partition coefficient (Wildman–Crippen LogP) is 4.24. The van der Waals surface area contributed by atoms with Gasteiger partial charge in [-0.2, -0.15) is 0 Å². The molecule has 0 heterocycles. The minimum Gasteiger partial charge on any atom is -0.497 e. The first kappa shape index (κ1) is 14.6. The Hall–Kier alpha value is -1.81. The summed E-state index contributed by atoms with van der Waals surface area (Å²) in [5.74, 6) is 1.38. The average molecular weight is 335 g/mol. The summed E-state index contributed by atoms with van der Waals surface area (Å²) in [6.07, 6.45) is 0. The number of ketones is 1. The molecule has 0 saturated heterocycles. The molecule has 0 aliphatic rings. The van der Waals surface area contributed by atoms with Gasteiger partial charge in [0.1, 0.15) is 18.1 Å². The van der Waals surface area contributed by atoms with E-state index in [1.807, 2.05) is 30.3 Å². The molecule has 0 spiro atoms. The third-order valence-corrected chi connectivity index (χ3v) is 3.37. The van der Waals surface area contributed by atoms with E-state index in [9.17, 15) is 4.79 Å². The Bertz CT molecular complexity index is 606. The van der Waals surface area contributed by atoms with E-state index in [0.29, 0.717) is 17.9 Å². The monoisotopic (exact) mass is 334 g/mol. The lowest BCUT2D eigenvalue weighted by molar-refractivity contribution is 0.101. The fourth-order valence-electron chi connectivity index (χ4n) is 1.79. The Morgan fingerprint density at radius 2 is 1.85 bits per heavy atom. The molecule has 0 fully saturated rings. The molecule has 0 aliphatic carbocycles. The molecule has 0 aromatic heterocycles. The van der Waals surface area contributed by atoms with Crippen LogP contribution in [0, 0.1) is 0 Å². The third-order valence-electron chi connectivity index (χ3n) is 2.88. The van der Waals surface area contributed by atoms with Gasteiger partial charge in [0.05, 0.1) is 12.7 Å². The SMILES string of the molecule is COc1ccc(COc2cc(Br)ccc2C(C)=O)cc1. The molecule has 3 nitrogen and oxygen atoms in total. The number of ether oxygens (including phenoxy) is 2. The Morgan fingerprint density at radius 3 is 2.45 bits per heavy atom. The van der Waals surface area contributed by atoms with E-state index in [0.717, 1.165) is 15.8 Å². The molecule has 0 aliphatic heterocycles. The number of carbonyl (C=O) groups excluding carboxylic acids is 1. The second-order valence-corrected chi connectivity index (χ2v) is 5.25. The Kier molecular flexibility index (Phi) is 4.79. The van der Waals surface area contributed by atoms with Crippen molar-refractivity contribution in [1.29, 1.82) is 0 Å². The fourth-order valence-corrected chi connectivity index (χ4v) is 2.13. The van der Waals surface area contributed by atoms with Crippen LogP contribution in [0.25, 0.3) is 0 Å². The molecule has 2 rings (SSSR count). The van der Waals surface area contributed by atoms with E-state index in [-0.39, 0.29) is 5.78 Å². The molecule has 0 bridgehead atoms.